The molecular formula is C5H7ClN2O2S. The van der Waals surface area contributed by atoms with Crippen LogP contribution in [0.2, 0.25) is 0 Å². The van der Waals surface area contributed by atoms with Gasteiger partial charge >= 0.3 is 0 Å². The number of halogens is 1. The standard InChI is InChI=1S/C5H7ClN2O2S/c6-8-1-3(9)4-2-7-5(11)10-4/h2-3,8-9H,1H2,(H,7,11). The molecule has 6 heteroatoms. The maximum absolute atomic E-state index is 9.23. The van der Waals surface area contributed by atoms with E-state index in [1.165, 1.54) is 6.20 Å². The third-order valence-corrected chi connectivity index (χ3v) is 1.50. The predicted molar refractivity (Wildman–Crippen MR) is 42.7 cm³/mol. The van der Waals surface area contributed by atoms with Gasteiger partial charge in [-0.3, -0.25) is 0 Å². The average Bonchev–Trinajstić information content (AvgIpc) is 2.36. The van der Waals surface area contributed by atoms with Crippen LogP contribution in [0.4, 0.5) is 0 Å². The topological polar surface area (TPSA) is 61.2 Å². The van der Waals surface area contributed by atoms with Gasteiger partial charge < -0.3 is 14.5 Å². The lowest BCUT2D eigenvalue weighted by atomic mass is 10.3. The lowest BCUT2D eigenvalue weighted by Crippen LogP contribution is -2.11. The van der Waals surface area contributed by atoms with E-state index in [0.29, 0.717) is 5.76 Å². The highest BCUT2D eigenvalue weighted by Crippen LogP contribution is 2.10. The Morgan fingerprint density at radius 2 is 2.64 bits per heavy atom. The molecule has 0 fully saturated rings. The summed E-state index contributed by atoms with van der Waals surface area (Å²) < 4.78 is 4.91. The average molecular weight is 195 g/mol. The predicted octanol–water partition coefficient (Wildman–Crippen LogP) is 1.11. The second kappa shape index (κ2) is 3.87. The van der Waals surface area contributed by atoms with Crippen molar-refractivity contribution in [3.8, 4) is 0 Å². The first-order chi connectivity index (χ1) is 5.24. The molecule has 0 bridgehead atoms. The van der Waals surface area contributed by atoms with Crippen LogP contribution in [-0.4, -0.2) is 16.6 Å². The van der Waals surface area contributed by atoms with E-state index >= 15 is 0 Å². The third-order valence-electron chi connectivity index (χ3n) is 1.14. The van der Waals surface area contributed by atoms with Crippen molar-refractivity contribution in [2.45, 2.75) is 6.10 Å². The molecule has 0 aliphatic heterocycles. The number of aromatic nitrogens is 1. The maximum atomic E-state index is 9.23. The molecule has 0 aromatic carbocycles. The molecular weight excluding hydrogens is 188 g/mol. The summed E-state index contributed by atoms with van der Waals surface area (Å²) in [7, 11) is 0. The van der Waals surface area contributed by atoms with Gasteiger partial charge in [0, 0.05) is 12.7 Å². The molecule has 1 atom stereocenters. The summed E-state index contributed by atoms with van der Waals surface area (Å²) in [4.78, 5) is 5.16. The maximum Gasteiger partial charge on any atom is 0.266 e. The Morgan fingerprint density at radius 3 is 3.09 bits per heavy atom. The zero-order chi connectivity index (χ0) is 8.27. The van der Waals surface area contributed by atoms with Gasteiger partial charge in [0.05, 0.1) is 0 Å². The smallest absolute Gasteiger partial charge is 0.266 e. The van der Waals surface area contributed by atoms with Crippen molar-refractivity contribution in [2.24, 2.45) is 0 Å². The van der Waals surface area contributed by atoms with Gasteiger partial charge in [-0.1, -0.05) is 0 Å². The van der Waals surface area contributed by atoms with Crippen molar-refractivity contribution in [1.29, 1.82) is 0 Å². The quantitative estimate of drug-likeness (QED) is 0.499. The Kier molecular flexibility index (Phi) is 3.07. The highest BCUT2D eigenvalue weighted by Gasteiger charge is 2.09. The minimum absolute atomic E-state index is 0.220. The van der Waals surface area contributed by atoms with Gasteiger partial charge in [0.1, 0.15) is 6.10 Å². The molecule has 11 heavy (non-hydrogen) atoms. The first-order valence-electron chi connectivity index (χ1n) is 2.94. The molecule has 0 spiro atoms. The van der Waals surface area contributed by atoms with Crippen LogP contribution < -0.4 is 4.84 Å². The Balaban J connectivity index is 2.68. The molecule has 0 aliphatic rings. The van der Waals surface area contributed by atoms with Gasteiger partial charge in [0.25, 0.3) is 4.84 Å². The highest BCUT2D eigenvalue weighted by atomic mass is 35.5. The van der Waals surface area contributed by atoms with Crippen molar-refractivity contribution in [1.82, 2.24) is 9.82 Å². The molecule has 0 saturated carbocycles. The zero-order valence-electron chi connectivity index (χ0n) is 5.50. The van der Waals surface area contributed by atoms with E-state index in [1.807, 2.05) is 0 Å². The van der Waals surface area contributed by atoms with Crippen molar-refractivity contribution in [2.75, 3.05) is 6.54 Å². The number of H-pyrrole nitrogens is 1. The number of hydrogen-bond donors (Lipinski definition) is 3. The van der Waals surface area contributed by atoms with Crippen LogP contribution in [0, 0.1) is 4.84 Å². The summed E-state index contributed by atoms with van der Waals surface area (Å²) in [5.74, 6) is 0.378. The number of nitrogens with one attached hydrogen (secondary N) is 2. The Labute approximate surface area is 73.3 Å². The van der Waals surface area contributed by atoms with Crippen LogP contribution in [-0.2, 0) is 0 Å². The molecule has 0 amide bonds. The minimum atomic E-state index is -0.763. The summed E-state index contributed by atoms with van der Waals surface area (Å²) in [6.07, 6.45) is 0.738. The van der Waals surface area contributed by atoms with Gasteiger partial charge in [-0.25, -0.2) is 4.84 Å². The molecule has 1 unspecified atom stereocenters. The summed E-state index contributed by atoms with van der Waals surface area (Å²) >= 11 is 9.81. The summed E-state index contributed by atoms with van der Waals surface area (Å²) in [5, 5.41) is 9.23. The number of aliphatic hydroxyl groups excluding tert-OH is 1. The van der Waals surface area contributed by atoms with Crippen LogP contribution >= 0.6 is 24.0 Å². The molecule has 0 aliphatic carbocycles. The molecule has 4 nitrogen and oxygen atoms in total. The summed E-state index contributed by atoms with van der Waals surface area (Å²) in [6.45, 7) is 0.220. The van der Waals surface area contributed by atoms with Gasteiger partial charge in [0.15, 0.2) is 5.76 Å². The van der Waals surface area contributed by atoms with E-state index in [0.717, 1.165) is 0 Å². The number of oxazole rings is 1. The number of aliphatic hydroxyl groups is 1. The lowest BCUT2D eigenvalue weighted by Gasteiger charge is -2.02. The van der Waals surface area contributed by atoms with E-state index in [4.69, 9.17) is 16.2 Å². The molecule has 0 saturated heterocycles. The first-order valence-corrected chi connectivity index (χ1v) is 3.72. The van der Waals surface area contributed by atoms with Crippen LogP contribution in [0.15, 0.2) is 10.6 Å². The third kappa shape index (κ3) is 2.30. The van der Waals surface area contributed by atoms with Crippen molar-refractivity contribution < 1.29 is 9.52 Å². The van der Waals surface area contributed by atoms with Crippen molar-refractivity contribution in [3.05, 3.63) is 16.8 Å². The molecule has 1 aromatic rings. The lowest BCUT2D eigenvalue weighted by molar-refractivity contribution is 0.153. The van der Waals surface area contributed by atoms with Crippen molar-refractivity contribution >= 4 is 24.0 Å². The van der Waals surface area contributed by atoms with Gasteiger partial charge in [0.2, 0.25) is 0 Å². The van der Waals surface area contributed by atoms with Gasteiger partial charge in [-0.15, -0.1) is 0 Å². The van der Waals surface area contributed by atoms with Gasteiger partial charge in [-0.2, -0.15) is 0 Å². The highest BCUT2D eigenvalue weighted by molar-refractivity contribution is 7.71. The second-order valence-corrected chi connectivity index (χ2v) is 2.57. The largest absolute Gasteiger partial charge is 0.432 e. The minimum Gasteiger partial charge on any atom is -0.432 e. The Morgan fingerprint density at radius 1 is 1.91 bits per heavy atom. The van der Waals surface area contributed by atoms with Crippen LogP contribution in [0.25, 0.3) is 0 Å². The molecule has 1 heterocycles. The first kappa shape index (κ1) is 8.73. The van der Waals surface area contributed by atoms with E-state index in [-0.39, 0.29) is 11.4 Å². The normalized spacial score (nSPS) is 13.3. The monoisotopic (exact) mass is 194 g/mol. The van der Waals surface area contributed by atoms with Gasteiger partial charge in [-0.05, 0) is 24.0 Å². The van der Waals surface area contributed by atoms with Crippen LogP contribution in [0.5, 0.6) is 0 Å². The molecule has 1 rings (SSSR count). The van der Waals surface area contributed by atoms with E-state index in [2.05, 4.69) is 22.0 Å². The fourth-order valence-electron chi connectivity index (χ4n) is 0.634. The SMILES string of the molecule is OC(CNCl)c1c[nH]c(=S)o1. The van der Waals surface area contributed by atoms with E-state index in [1.54, 1.807) is 0 Å². The zero-order valence-corrected chi connectivity index (χ0v) is 7.08. The fraction of sp³-hybridized carbons (Fsp3) is 0.400. The Bertz CT molecular complexity index is 271. The fourth-order valence-corrected chi connectivity index (χ4v) is 0.935. The van der Waals surface area contributed by atoms with E-state index < -0.39 is 6.10 Å². The molecule has 1 aromatic heterocycles. The number of hydrogen-bond acceptors (Lipinski definition) is 4. The van der Waals surface area contributed by atoms with Crippen LogP contribution in [0.1, 0.15) is 11.9 Å². The summed E-state index contributed by atoms with van der Waals surface area (Å²) in [5.41, 5.74) is 0. The number of aromatic amines is 1. The second-order valence-electron chi connectivity index (χ2n) is 1.93. The molecule has 0 radical (unpaired) electrons. The molecule has 3 N–H and O–H groups in total. The molecule has 62 valence electrons. The van der Waals surface area contributed by atoms with E-state index in [9.17, 15) is 5.11 Å². The Hall–Kier alpha value is -0.360. The number of rotatable bonds is 3. The van der Waals surface area contributed by atoms with Crippen molar-refractivity contribution in [3.63, 3.8) is 0 Å². The van der Waals surface area contributed by atoms with Crippen LogP contribution in [0.3, 0.4) is 0 Å². The summed E-state index contributed by atoms with van der Waals surface area (Å²) in [6, 6.07) is 0.